The smallest absolute Gasteiger partial charge is 0.294 e. The second-order valence-electron chi connectivity index (χ2n) is 9.86. The molecule has 0 saturated carbocycles. The second-order valence-corrected chi connectivity index (χ2v) is 11.0. The Hall–Kier alpha value is -3.58. The van der Waals surface area contributed by atoms with Crippen LogP contribution in [0, 0.1) is 23.0 Å². The maximum absolute atomic E-state index is 13.3. The number of hydrogen-bond donors (Lipinski definition) is 2. The third kappa shape index (κ3) is 6.76. The minimum absolute atomic E-state index is 0.137. The van der Waals surface area contributed by atoms with Crippen LogP contribution in [0.25, 0.3) is 16.9 Å². The Morgan fingerprint density at radius 3 is 2.73 bits per heavy atom. The molecule has 0 radical (unpaired) electrons. The fraction of sp³-hybridized carbons (Fsp3) is 0.519. The van der Waals surface area contributed by atoms with Gasteiger partial charge in [0, 0.05) is 23.5 Å². The molecule has 3 aromatic rings. The first-order valence-electron chi connectivity index (χ1n) is 13.7. The van der Waals surface area contributed by atoms with Crippen molar-refractivity contribution in [2.45, 2.75) is 64.2 Å². The second kappa shape index (κ2) is 13.7. The van der Waals surface area contributed by atoms with Crippen LogP contribution in [-0.4, -0.2) is 61.7 Å². The lowest BCUT2D eigenvalue weighted by Crippen LogP contribution is -2.29. The number of aromatic nitrogens is 3. The molecule has 12 nitrogen and oxygen atoms in total. The van der Waals surface area contributed by atoms with E-state index in [0.29, 0.717) is 59.1 Å². The zero-order valence-electron chi connectivity index (χ0n) is 23.1. The molecule has 0 atom stereocenters. The molecule has 0 bridgehead atoms. The van der Waals surface area contributed by atoms with Gasteiger partial charge < -0.3 is 19.8 Å². The van der Waals surface area contributed by atoms with Crippen molar-refractivity contribution in [2.75, 3.05) is 26.3 Å². The van der Waals surface area contributed by atoms with Gasteiger partial charge in [-0.15, -0.1) is 15.2 Å². The van der Waals surface area contributed by atoms with Crippen LogP contribution < -0.4 is 10.3 Å². The number of hydrogen-bond acceptors (Lipinski definition) is 10. The van der Waals surface area contributed by atoms with Crippen molar-refractivity contribution in [2.24, 2.45) is 11.1 Å². The van der Waals surface area contributed by atoms with Gasteiger partial charge in [-0.2, -0.15) is 0 Å². The number of rotatable bonds is 13. The summed E-state index contributed by atoms with van der Waals surface area (Å²) in [6.07, 6.45) is 6.25. The molecule has 40 heavy (non-hydrogen) atoms. The van der Waals surface area contributed by atoms with Crippen LogP contribution >= 0.6 is 11.9 Å². The number of benzene rings is 1. The number of nitrogens with zero attached hydrogens (tertiary/aromatic N) is 5. The van der Waals surface area contributed by atoms with Crippen molar-refractivity contribution in [3.8, 4) is 17.1 Å². The summed E-state index contributed by atoms with van der Waals surface area (Å²) in [6, 6.07) is 5.91. The molecule has 0 amide bonds. The van der Waals surface area contributed by atoms with Crippen LogP contribution in [0.1, 0.15) is 62.8 Å². The lowest BCUT2D eigenvalue weighted by molar-refractivity contribution is -0.758. The van der Waals surface area contributed by atoms with Crippen molar-refractivity contribution in [1.29, 1.82) is 0 Å². The summed E-state index contributed by atoms with van der Waals surface area (Å²) < 4.78 is 9.99. The Labute approximate surface area is 236 Å². The van der Waals surface area contributed by atoms with Crippen LogP contribution in [0.2, 0.25) is 0 Å². The van der Waals surface area contributed by atoms with E-state index in [1.54, 1.807) is 16.5 Å². The molecular weight excluding hydrogens is 536 g/mol. The van der Waals surface area contributed by atoms with Crippen molar-refractivity contribution in [1.82, 2.24) is 18.9 Å². The summed E-state index contributed by atoms with van der Waals surface area (Å²) in [5, 5.41) is 27.0. The van der Waals surface area contributed by atoms with Gasteiger partial charge in [0.1, 0.15) is 11.3 Å². The summed E-state index contributed by atoms with van der Waals surface area (Å²) in [7, 11) is 0. The highest BCUT2D eigenvalue weighted by Gasteiger charge is 2.23. The minimum Gasteiger partial charge on any atom is -0.493 e. The molecule has 216 valence electrons. The first-order valence-corrected chi connectivity index (χ1v) is 14.4. The minimum atomic E-state index is -0.735. The van der Waals surface area contributed by atoms with Gasteiger partial charge in [-0.05, 0) is 80.7 Å². The Kier molecular flexibility index (Phi) is 10.0. The van der Waals surface area contributed by atoms with Crippen LogP contribution in [-0.2, 0) is 11.3 Å². The van der Waals surface area contributed by atoms with Gasteiger partial charge in [0.2, 0.25) is 0 Å². The van der Waals surface area contributed by atoms with Crippen molar-refractivity contribution in [3.63, 3.8) is 0 Å². The number of aromatic amines is 1. The number of aryl methyl sites for hydroxylation is 2. The molecule has 1 fully saturated rings. The summed E-state index contributed by atoms with van der Waals surface area (Å²) in [4.78, 5) is 32.1. The van der Waals surface area contributed by atoms with Crippen LogP contribution in [0.4, 0.5) is 0 Å². The monoisotopic (exact) mass is 572 g/mol. The van der Waals surface area contributed by atoms with Gasteiger partial charge in [-0.3, -0.25) is 4.79 Å². The Balaban J connectivity index is 1.63. The third-order valence-electron chi connectivity index (χ3n) is 7.06. The van der Waals surface area contributed by atoms with Crippen LogP contribution in [0.5, 0.6) is 5.75 Å². The van der Waals surface area contributed by atoms with E-state index in [1.165, 1.54) is 6.21 Å². The Bertz CT molecular complexity index is 1410. The van der Waals surface area contributed by atoms with Gasteiger partial charge in [-0.25, -0.2) is 8.82 Å². The highest BCUT2D eigenvalue weighted by Crippen LogP contribution is 2.36. The number of fused-ring (bicyclic) bond motifs is 1. The van der Waals surface area contributed by atoms with E-state index in [9.17, 15) is 20.1 Å². The highest BCUT2D eigenvalue weighted by molar-refractivity contribution is 7.97. The van der Waals surface area contributed by atoms with E-state index in [0.717, 1.165) is 49.4 Å². The molecule has 4 rings (SSSR count). The Morgan fingerprint density at radius 1 is 1.27 bits per heavy atom. The fourth-order valence-corrected chi connectivity index (χ4v) is 6.06. The van der Waals surface area contributed by atoms with Crippen LogP contribution in [0.3, 0.4) is 0 Å². The van der Waals surface area contributed by atoms with Gasteiger partial charge in [0.25, 0.3) is 10.6 Å². The van der Waals surface area contributed by atoms with Gasteiger partial charge in [0.05, 0.1) is 30.7 Å². The van der Waals surface area contributed by atoms with E-state index >= 15 is 0 Å². The maximum Gasteiger partial charge on any atom is 0.294 e. The lowest BCUT2D eigenvalue weighted by atomic mass is 9.95. The quantitative estimate of drug-likeness (QED) is 0.0962. The molecule has 13 heteroatoms. The number of ether oxygens (including phenoxy) is 1. The number of nitrogens with one attached hydrogen (secondary N) is 1. The number of oxime groups is 1. The van der Waals surface area contributed by atoms with E-state index in [-0.39, 0.29) is 12.2 Å². The number of H-pyrrole nitrogens is 1. The van der Waals surface area contributed by atoms with Gasteiger partial charge >= 0.3 is 0 Å². The zero-order valence-corrected chi connectivity index (χ0v) is 23.9. The molecule has 3 heterocycles. The third-order valence-corrected chi connectivity index (χ3v) is 8.14. The predicted octanol–water partition coefficient (Wildman–Crippen LogP) is 4.86. The molecule has 0 spiro atoms. The van der Waals surface area contributed by atoms with Crippen molar-refractivity contribution in [3.05, 3.63) is 55.5 Å². The van der Waals surface area contributed by atoms with Crippen LogP contribution in [0.15, 0.2) is 33.0 Å². The molecule has 2 N–H and O–H groups in total. The topological polar surface area (TPSA) is 148 Å². The highest BCUT2D eigenvalue weighted by atomic mass is 32.2. The molecule has 0 unspecified atom stereocenters. The zero-order chi connectivity index (χ0) is 28.6. The lowest BCUT2D eigenvalue weighted by Gasteiger charge is -2.30. The van der Waals surface area contributed by atoms with Crippen molar-refractivity contribution >= 4 is 23.7 Å². The first-order chi connectivity index (χ1) is 19.4. The summed E-state index contributed by atoms with van der Waals surface area (Å²) in [5.74, 6) is 1.44. The Morgan fingerprint density at radius 2 is 2.05 bits per heavy atom. The van der Waals surface area contributed by atoms with Gasteiger partial charge in [-0.1, -0.05) is 25.4 Å². The summed E-state index contributed by atoms with van der Waals surface area (Å²) in [5.41, 5.74) is 3.06. The normalized spacial score (nSPS) is 14.8. The average molecular weight is 573 g/mol. The largest absolute Gasteiger partial charge is 0.493 e. The van der Waals surface area contributed by atoms with E-state index in [1.807, 2.05) is 39.0 Å². The predicted molar refractivity (Wildman–Crippen MR) is 153 cm³/mol. The van der Waals surface area contributed by atoms with Gasteiger partial charge in [0.15, 0.2) is 5.82 Å². The van der Waals surface area contributed by atoms with E-state index in [4.69, 9.17) is 9.84 Å². The molecule has 1 aliphatic rings. The van der Waals surface area contributed by atoms with E-state index < -0.39 is 5.09 Å². The molecule has 1 aliphatic heterocycles. The van der Waals surface area contributed by atoms with Crippen molar-refractivity contribution < 1.29 is 19.9 Å². The molecule has 1 aromatic carbocycles. The summed E-state index contributed by atoms with van der Waals surface area (Å²) in [6.45, 7) is 8.29. The molecule has 2 aromatic heterocycles. The summed E-state index contributed by atoms with van der Waals surface area (Å²) >= 11 is 1.64. The fourth-order valence-electron chi connectivity index (χ4n) is 5.07. The van der Waals surface area contributed by atoms with E-state index in [2.05, 4.69) is 19.3 Å². The maximum atomic E-state index is 13.3. The molecule has 1 saturated heterocycles. The SMILES string of the molecule is CCCOc1ccc(SN2CCC(CCO[N+](=O)[O-])CC2)cc1-c1nn2c(CCC)c(/C=N/O)c(C)c2c(=O)[nH]1. The first kappa shape index (κ1) is 29.4. The number of piperidine rings is 1. The standard InChI is InChI=1S/C27H36N6O6S/c1-4-6-23-22(17-28-35)18(3)25-27(34)29-26(30-32(23)25)21-16-20(7-8-24(21)38-14-5-2)40-31-12-9-19(10-13-31)11-15-39-33(36)37/h7-8,16-17,19,35H,4-6,9-15H2,1-3H3,(H,29,30,34)/b28-17+. The molecule has 0 aliphatic carbocycles. The molecular formula is C27H36N6O6S. The average Bonchev–Trinajstić information content (AvgIpc) is 3.20.